The average molecular weight is 552 g/mol. The van der Waals surface area contributed by atoms with E-state index in [2.05, 4.69) is 5.32 Å². The molecule has 0 spiro atoms. The number of benzene rings is 2. The fraction of sp³-hybridized carbons (Fsp3) is 0.481. The summed E-state index contributed by atoms with van der Waals surface area (Å²) in [5.41, 5.74) is 1.63. The third-order valence-electron chi connectivity index (χ3n) is 5.77. The van der Waals surface area contributed by atoms with Gasteiger partial charge in [-0.3, -0.25) is 13.9 Å². The molecule has 0 fully saturated rings. The third-order valence-corrected chi connectivity index (χ3v) is 7.18. The summed E-state index contributed by atoms with van der Waals surface area (Å²) in [5.74, 6) is 0.183. The van der Waals surface area contributed by atoms with Gasteiger partial charge in [0, 0.05) is 30.1 Å². The van der Waals surface area contributed by atoms with Gasteiger partial charge in [-0.2, -0.15) is 0 Å². The zero-order chi connectivity index (χ0) is 28.0. The smallest absolute Gasteiger partial charge is 0.242 e. The Hall–Kier alpha value is -2.78. The molecule has 0 aliphatic rings. The first-order valence-electron chi connectivity index (χ1n) is 12.1. The van der Waals surface area contributed by atoms with Crippen molar-refractivity contribution in [3.63, 3.8) is 0 Å². The summed E-state index contributed by atoms with van der Waals surface area (Å²) in [5, 5.41) is 3.36. The second kappa shape index (κ2) is 12.6. The molecule has 8 nitrogen and oxygen atoms in total. The number of nitrogens with zero attached hydrogens (tertiary/aromatic N) is 2. The van der Waals surface area contributed by atoms with E-state index in [1.165, 1.54) is 9.21 Å². The number of carbonyl (C=O) groups excluding carboxylic acids is 2. The lowest BCUT2D eigenvalue weighted by Gasteiger charge is -2.32. The van der Waals surface area contributed by atoms with Gasteiger partial charge in [-0.25, -0.2) is 8.42 Å². The van der Waals surface area contributed by atoms with E-state index >= 15 is 0 Å². The van der Waals surface area contributed by atoms with Gasteiger partial charge < -0.3 is 15.0 Å². The Morgan fingerprint density at radius 2 is 1.73 bits per heavy atom. The second-order valence-corrected chi connectivity index (χ2v) is 12.5. The molecule has 0 heterocycles. The highest BCUT2D eigenvalue weighted by Gasteiger charge is 2.29. The van der Waals surface area contributed by atoms with Crippen molar-refractivity contribution in [3.05, 3.63) is 58.6 Å². The van der Waals surface area contributed by atoms with Gasteiger partial charge >= 0.3 is 0 Å². The van der Waals surface area contributed by atoms with Crippen molar-refractivity contribution < 1.29 is 22.7 Å². The van der Waals surface area contributed by atoms with E-state index in [4.69, 9.17) is 16.3 Å². The minimum Gasteiger partial charge on any atom is -0.497 e. The van der Waals surface area contributed by atoms with E-state index in [0.29, 0.717) is 16.5 Å². The van der Waals surface area contributed by atoms with E-state index in [1.807, 2.05) is 32.9 Å². The molecule has 0 bridgehead atoms. The summed E-state index contributed by atoms with van der Waals surface area (Å²) in [6.07, 6.45) is 1.46. The van der Waals surface area contributed by atoms with Gasteiger partial charge in [0.1, 0.15) is 11.8 Å². The van der Waals surface area contributed by atoms with E-state index in [9.17, 15) is 18.0 Å². The SMILES string of the molecule is COc1ccc(CN(C(=O)CCCN(c2cc(Cl)ccc2C)S(C)(=O)=O)[C@H](C)C(=O)NC(C)(C)C)cc1. The van der Waals surface area contributed by atoms with Gasteiger partial charge in [0.25, 0.3) is 0 Å². The predicted molar refractivity (Wildman–Crippen MR) is 149 cm³/mol. The third kappa shape index (κ3) is 9.23. The maximum atomic E-state index is 13.4. The highest BCUT2D eigenvalue weighted by Crippen LogP contribution is 2.27. The summed E-state index contributed by atoms with van der Waals surface area (Å²) in [6.45, 7) is 9.47. The van der Waals surface area contributed by atoms with Crippen molar-refractivity contribution in [1.29, 1.82) is 0 Å². The molecule has 0 aromatic heterocycles. The largest absolute Gasteiger partial charge is 0.497 e. The zero-order valence-electron chi connectivity index (χ0n) is 22.7. The van der Waals surface area contributed by atoms with Gasteiger partial charge in [0.05, 0.1) is 19.1 Å². The molecule has 0 aliphatic heterocycles. The molecule has 37 heavy (non-hydrogen) atoms. The zero-order valence-corrected chi connectivity index (χ0v) is 24.2. The standard InChI is InChI=1S/C27H38ClN3O5S/c1-19-10-13-22(28)17-24(19)31(37(7,34)35)16-8-9-25(32)30(20(2)26(33)29-27(3,4)5)18-21-11-14-23(36-6)15-12-21/h10-15,17,20H,8-9,16,18H2,1-7H3,(H,29,33)/t20-/m1/s1. The summed E-state index contributed by atoms with van der Waals surface area (Å²) >= 11 is 6.12. The molecule has 1 N–H and O–H groups in total. The molecule has 1 atom stereocenters. The number of halogens is 1. The Bertz CT molecular complexity index is 1190. The minimum absolute atomic E-state index is 0.0644. The number of aryl methyl sites for hydroxylation is 1. The van der Waals surface area contributed by atoms with Gasteiger partial charge in [-0.1, -0.05) is 29.8 Å². The molecule has 0 aliphatic carbocycles. The van der Waals surface area contributed by atoms with Crippen molar-refractivity contribution in [2.45, 2.75) is 65.6 Å². The quantitative estimate of drug-likeness (QED) is 0.442. The first-order valence-corrected chi connectivity index (χ1v) is 14.3. The molecular formula is C27H38ClN3O5S. The van der Waals surface area contributed by atoms with E-state index in [0.717, 1.165) is 17.4 Å². The van der Waals surface area contributed by atoms with E-state index in [1.54, 1.807) is 51.3 Å². The summed E-state index contributed by atoms with van der Waals surface area (Å²) in [4.78, 5) is 27.9. The Morgan fingerprint density at radius 1 is 1.11 bits per heavy atom. The molecule has 2 aromatic rings. The summed E-state index contributed by atoms with van der Waals surface area (Å²) in [7, 11) is -2.03. The molecule has 0 saturated heterocycles. The van der Waals surface area contributed by atoms with Crippen LogP contribution in [0.2, 0.25) is 5.02 Å². The Morgan fingerprint density at radius 3 is 2.27 bits per heavy atom. The summed E-state index contributed by atoms with van der Waals surface area (Å²) < 4.78 is 31.6. The predicted octanol–water partition coefficient (Wildman–Crippen LogP) is 4.54. The van der Waals surface area contributed by atoms with Crippen LogP contribution in [0, 0.1) is 6.92 Å². The highest BCUT2D eigenvalue weighted by atomic mass is 35.5. The number of nitrogens with one attached hydrogen (secondary N) is 1. The number of carbonyl (C=O) groups is 2. The van der Waals surface area contributed by atoms with Crippen LogP contribution in [0.4, 0.5) is 5.69 Å². The first kappa shape index (κ1) is 30.4. The topological polar surface area (TPSA) is 96.0 Å². The van der Waals surface area contributed by atoms with Crippen molar-refractivity contribution >= 4 is 39.1 Å². The van der Waals surface area contributed by atoms with Crippen LogP contribution < -0.4 is 14.4 Å². The second-order valence-electron chi connectivity index (χ2n) is 10.2. The fourth-order valence-corrected chi connectivity index (χ4v) is 5.00. The van der Waals surface area contributed by atoms with Crippen LogP contribution in [-0.2, 0) is 26.2 Å². The van der Waals surface area contributed by atoms with Crippen LogP contribution >= 0.6 is 11.6 Å². The number of rotatable bonds is 11. The average Bonchev–Trinajstić information content (AvgIpc) is 2.80. The maximum Gasteiger partial charge on any atom is 0.242 e. The molecule has 0 unspecified atom stereocenters. The van der Waals surface area contributed by atoms with Crippen molar-refractivity contribution in [2.24, 2.45) is 0 Å². The number of anilines is 1. The summed E-state index contributed by atoms with van der Waals surface area (Å²) in [6, 6.07) is 11.6. The molecule has 0 saturated carbocycles. The lowest BCUT2D eigenvalue weighted by atomic mass is 10.1. The van der Waals surface area contributed by atoms with Crippen molar-refractivity contribution in [1.82, 2.24) is 10.2 Å². The minimum atomic E-state index is -3.61. The van der Waals surface area contributed by atoms with Crippen molar-refractivity contribution in [2.75, 3.05) is 24.2 Å². The molecule has 2 amide bonds. The van der Waals surface area contributed by atoms with Crippen LogP contribution in [0.3, 0.4) is 0 Å². The van der Waals surface area contributed by atoms with Crippen LogP contribution in [0.5, 0.6) is 5.75 Å². The van der Waals surface area contributed by atoms with Gasteiger partial charge in [0.15, 0.2) is 0 Å². The lowest BCUT2D eigenvalue weighted by Crippen LogP contribution is -2.52. The monoisotopic (exact) mass is 551 g/mol. The molecule has 2 rings (SSSR count). The number of methoxy groups -OCH3 is 1. The van der Waals surface area contributed by atoms with Gasteiger partial charge in [0.2, 0.25) is 21.8 Å². The fourth-order valence-electron chi connectivity index (χ4n) is 3.82. The molecule has 204 valence electrons. The Balaban J connectivity index is 2.23. The van der Waals surface area contributed by atoms with Gasteiger partial charge in [-0.15, -0.1) is 0 Å². The Labute approximate surface area is 226 Å². The molecule has 0 radical (unpaired) electrons. The number of amides is 2. The molecule has 2 aromatic carbocycles. The van der Waals surface area contributed by atoms with Crippen LogP contribution in [0.15, 0.2) is 42.5 Å². The molecule has 10 heteroatoms. The number of ether oxygens (including phenoxy) is 1. The van der Waals surface area contributed by atoms with Crippen LogP contribution in [0.1, 0.15) is 51.7 Å². The lowest BCUT2D eigenvalue weighted by molar-refractivity contribution is -0.141. The first-order chi connectivity index (χ1) is 17.1. The van der Waals surface area contributed by atoms with E-state index in [-0.39, 0.29) is 37.7 Å². The van der Waals surface area contributed by atoms with E-state index < -0.39 is 21.6 Å². The van der Waals surface area contributed by atoms with Crippen LogP contribution in [0.25, 0.3) is 0 Å². The van der Waals surface area contributed by atoms with Crippen LogP contribution in [-0.4, -0.2) is 56.6 Å². The maximum absolute atomic E-state index is 13.4. The molecular weight excluding hydrogens is 514 g/mol. The van der Waals surface area contributed by atoms with Crippen molar-refractivity contribution in [3.8, 4) is 5.75 Å². The number of hydrogen-bond acceptors (Lipinski definition) is 5. The Kier molecular flexibility index (Phi) is 10.4. The van der Waals surface area contributed by atoms with Gasteiger partial charge in [-0.05, 0) is 76.4 Å². The highest BCUT2D eigenvalue weighted by molar-refractivity contribution is 7.92. The number of hydrogen-bond donors (Lipinski definition) is 1. The normalized spacial score (nSPS) is 12.5. The number of sulfonamides is 1.